The Labute approximate surface area is 730 Å². The summed E-state index contributed by atoms with van der Waals surface area (Å²) in [4.78, 5) is 149. The van der Waals surface area contributed by atoms with Crippen LogP contribution in [0.4, 0.5) is 30.6 Å². The van der Waals surface area contributed by atoms with Gasteiger partial charge in [0.2, 0.25) is 62.3 Å². The molecule has 5 amide bonds. The van der Waals surface area contributed by atoms with Crippen molar-refractivity contribution < 1.29 is 69.3 Å². The molecule has 5 aliphatic heterocycles. The maximum Gasteiger partial charge on any atom is 0.317 e. The summed E-state index contributed by atoms with van der Waals surface area (Å²) in [6, 6.07) is 18.2. The predicted octanol–water partition coefficient (Wildman–Crippen LogP) is 3.07. The number of halogens is 3. The topological polar surface area (TPSA) is 407 Å². The molecular formula is C80H88F3N23O15S5. The number of nitrogens with zero attached hydrogens (tertiary/aromatic N) is 23. The Bertz CT molecular complexity index is 6620. The van der Waals surface area contributed by atoms with Gasteiger partial charge in [0.25, 0.3) is 0 Å². The number of imidazole rings is 3. The number of carbonyl (C=O) groups is 5. The molecule has 0 bridgehead atoms. The van der Waals surface area contributed by atoms with Gasteiger partial charge in [0.15, 0.2) is 17.1 Å². The van der Waals surface area contributed by atoms with Gasteiger partial charge in [-0.25, -0.2) is 69.0 Å². The zero-order chi connectivity index (χ0) is 89.6. The summed E-state index contributed by atoms with van der Waals surface area (Å²) in [6.45, 7) is 7.53. The van der Waals surface area contributed by atoms with E-state index in [-0.39, 0.29) is 147 Å². The molecule has 0 aliphatic carbocycles. The van der Waals surface area contributed by atoms with Crippen molar-refractivity contribution in [2.75, 3.05) is 167 Å². The molecule has 5 aliphatic rings. The molecule has 5 saturated heterocycles. The number of thiazole rings is 3. The van der Waals surface area contributed by atoms with Gasteiger partial charge in [-0.3, -0.25) is 47.6 Å². The number of amides is 5. The van der Waals surface area contributed by atoms with Crippen LogP contribution in [-0.2, 0) is 83.1 Å². The zero-order valence-corrected chi connectivity index (χ0v) is 73.4. The van der Waals surface area contributed by atoms with Crippen LogP contribution in [0.5, 0.6) is 17.2 Å². The average molecular weight is 1830 g/mol. The van der Waals surface area contributed by atoms with E-state index in [2.05, 4.69) is 44.6 Å². The lowest BCUT2D eigenvalue weighted by Gasteiger charge is -2.32. The number of likely N-dealkylation sites (N-methyl/N-ethyl adjacent to an activating group) is 6. The number of hydrogen-bond acceptors (Lipinski definition) is 27. The Morgan fingerprint density at radius 3 is 1.09 bits per heavy atom. The smallest absolute Gasteiger partial charge is 0.317 e. The van der Waals surface area contributed by atoms with Crippen molar-refractivity contribution in [1.29, 1.82) is 0 Å². The van der Waals surface area contributed by atoms with E-state index in [0.717, 1.165) is 93.4 Å². The minimum absolute atomic E-state index is 0.00492. The molecule has 38 nitrogen and oxygen atoms in total. The molecule has 17 rings (SSSR count). The van der Waals surface area contributed by atoms with E-state index in [9.17, 15) is 83.7 Å². The summed E-state index contributed by atoms with van der Waals surface area (Å²) in [5.41, 5.74) is -0.282. The van der Waals surface area contributed by atoms with Crippen molar-refractivity contribution in [3.05, 3.63) is 190 Å². The predicted molar refractivity (Wildman–Crippen MR) is 463 cm³/mol. The first-order chi connectivity index (χ1) is 60.1. The Morgan fingerprint density at radius 1 is 0.429 bits per heavy atom. The second-order valence-corrected chi connectivity index (χ2v) is 38.5. The number of hydrogen-bond donors (Lipinski definition) is 3. The van der Waals surface area contributed by atoms with Crippen molar-refractivity contribution in [1.82, 2.24) is 95.4 Å². The van der Waals surface area contributed by atoms with Crippen LogP contribution in [0.15, 0.2) is 124 Å². The fourth-order valence-electron chi connectivity index (χ4n) is 14.9. The molecule has 0 unspecified atom stereocenters. The van der Waals surface area contributed by atoms with Gasteiger partial charge in [0.1, 0.15) is 69.6 Å². The minimum atomic E-state index is -3.92. The quantitative estimate of drug-likeness (QED) is 0.104. The molecule has 0 radical (unpaired) electrons. The molecule has 12 aromatic rings. The van der Waals surface area contributed by atoms with Crippen molar-refractivity contribution in [2.24, 2.45) is 0 Å². The fraction of sp³-hybridized carbons (Fsp3) is 0.375. The molecule has 0 spiro atoms. The first-order valence-corrected chi connectivity index (χ1v) is 45.3. The van der Waals surface area contributed by atoms with E-state index in [1.54, 1.807) is 69.7 Å². The van der Waals surface area contributed by atoms with Gasteiger partial charge in [0, 0.05) is 178 Å². The fourth-order valence-corrected chi connectivity index (χ4v) is 20.5. The Morgan fingerprint density at radius 2 is 0.762 bits per heavy atom. The van der Waals surface area contributed by atoms with Gasteiger partial charge in [-0.15, -0.1) is 34.0 Å². The Hall–Kier alpha value is -12.3. The van der Waals surface area contributed by atoms with Crippen LogP contribution in [0.2, 0.25) is 0 Å². The first kappa shape index (κ1) is 88.5. The maximum absolute atomic E-state index is 13.6. The van der Waals surface area contributed by atoms with E-state index in [0.29, 0.717) is 78.0 Å². The highest BCUT2D eigenvalue weighted by Crippen LogP contribution is 2.37. The molecule has 0 saturated carbocycles. The van der Waals surface area contributed by atoms with E-state index >= 15 is 0 Å². The minimum Gasteiger partial charge on any atom is -0.501 e. The number of rotatable bonds is 18. The van der Waals surface area contributed by atoms with Gasteiger partial charge in [-0.1, -0.05) is 36.4 Å². The molecule has 3 aromatic carbocycles. The second-order valence-electron chi connectivity index (χ2n) is 31.2. The van der Waals surface area contributed by atoms with E-state index < -0.39 is 66.0 Å². The van der Waals surface area contributed by atoms with Crippen LogP contribution in [0.25, 0.3) is 49.4 Å². The van der Waals surface area contributed by atoms with Crippen molar-refractivity contribution >= 4 is 119 Å². The second kappa shape index (κ2) is 36.3. The molecule has 5 fully saturated rings. The third kappa shape index (κ3) is 18.4. The summed E-state index contributed by atoms with van der Waals surface area (Å²) in [7, 11) is 3.96. The number of aromatic hydroxyl groups is 3. The van der Waals surface area contributed by atoms with E-state index in [1.807, 2.05) is 21.1 Å². The van der Waals surface area contributed by atoms with Crippen LogP contribution in [0, 0.1) is 17.5 Å². The van der Waals surface area contributed by atoms with Crippen LogP contribution in [-0.4, -0.2) is 310 Å². The Balaban J connectivity index is 0.000000146. The average Bonchev–Trinajstić information content (AvgIpc) is 1.59. The first-order valence-electron chi connectivity index (χ1n) is 39.8. The monoisotopic (exact) mass is 1830 g/mol. The number of piperazine rings is 3. The normalized spacial score (nSPS) is 16.4. The van der Waals surface area contributed by atoms with Gasteiger partial charge < -0.3 is 63.3 Å². The van der Waals surface area contributed by atoms with Crippen molar-refractivity contribution in [3.63, 3.8) is 0 Å². The highest BCUT2D eigenvalue weighted by Gasteiger charge is 2.40. The maximum atomic E-state index is 13.6. The number of carbonyl (C=O) groups excluding carboxylic acids is 5. The van der Waals surface area contributed by atoms with Gasteiger partial charge in [-0.2, -0.15) is 12.7 Å². The van der Waals surface area contributed by atoms with Crippen LogP contribution in [0.3, 0.4) is 0 Å². The lowest BCUT2D eigenvalue weighted by atomic mass is 10.1. The molecule has 9 aromatic heterocycles. The standard InChI is InChI=1S/C28H31FN8O5S.C26H29FN8O5S2.C26H28FN7O5S2/c1-32(2)26(41)27(42)34(4)20-15-36(16-21(38)35-11-9-33(3)10-12-35)28-31-22(23(39)25(40)37(20)28)24-30-14-19(43-24)13-17-5-7-18(29)8-6-17;1-30-7-10-32(11-8-30)21(36)16-33-15-20(34-12-9-31(2)42(34,39)40)35-25(38)23(37)22(29-26(33)35)24-28-14-19(41-24)13-17-3-5-18(27)6-4-17;1-30-8-10-31(11-9-30)21(35)16-32-15-20(33-7-2-12-41(33,38)39)34-25(37)23(36)22(29-26(32)34)24-28-14-19(40-24)13-17-3-5-18(27)6-4-17/h5-8,14-15,39H,9-13,16H2,1-4H3;3-6,14-15,37H,7-13,16H2,1-2H3;3-6,14-15,36H,2,7-13,16H2,1H3. The number of aromatic nitrogens is 12. The Kier molecular flexibility index (Phi) is 25.5. The summed E-state index contributed by atoms with van der Waals surface area (Å²) >= 11 is 3.64. The molecular weight excluding hydrogens is 1740 g/mol. The SMILES string of the molecule is CN1CCN(C(=O)Cn2cc(N(C)C(=O)C(=O)N(C)C)n3c(=O)c(O)c(-c4ncc(Cc5ccc(F)cc5)s4)nc23)CC1.CN1CCN(C(=O)Cn2cc(N3CCCS3(=O)=O)n3c(=O)c(O)c(-c4ncc(Cc5ccc(F)cc5)s4)nc23)CC1.CN1CCN(C(=O)Cn2cc(N3CCN(C)S3(=O)=O)n3c(=O)c(O)c(-c4ncc(Cc5ccc(F)cc5)s4)nc23)CC1. The third-order valence-electron chi connectivity index (χ3n) is 22.2. The van der Waals surface area contributed by atoms with E-state index in [1.165, 1.54) is 131 Å². The highest BCUT2D eigenvalue weighted by molar-refractivity contribution is 7.93. The molecule has 46 heteroatoms. The molecule has 664 valence electrons. The number of anilines is 3. The van der Waals surface area contributed by atoms with Gasteiger partial charge >= 0.3 is 38.7 Å². The molecule has 3 N–H and O–H groups in total. The summed E-state index contributed by atoms with van der Waals surface area (Å²) in [6.07, 6.45) is 10.8. The summed E-state index contributed by atoms with van der Waals surface area (Å²) in [5, 5.41) is 33.8. The van der Waals surface area contributed by atoms with Gasteiger partial charge in [-0.05, 0) is 80.7 Å². The molecule has 14 heterocycles. The lowest BCUT2D eigenvalue weighted by molar-refractivity contribution is -0.142. The summed E-state index contributed by atoms with van der Waals surface area (Å²) < 4.78 is 102. The van der Waals surface area contributed by atoms with Crippen LogP contribution in [0.1, 0.15) is 37.7 Å². The highest BCUT2D eigenvalue weighted by atomic mass is 32.2. The summed E-state index contributed by atoms with van der Waals surface area (Å²) in [5.74, 6) is -5.52. The van der Waals surface area contributed by atoms with Crippen LogP contribution < -0.4 is 30.2 Å². The zero-order valence-electron chi connectivity index (χ0n) is 69.4. The van der Waals surface area contributed by atoms with Gasteiger partial charge in [0.05, 0.1) is 24.7 Å². The van der Waals surface area contributed by atoms with Crippen molar-refractivity contribution in [3.8, 4) is 49.4 Å². The van der Waals surface area contributed by atoms with E-state index in [4.69, 9.17) is 0 Å². The largest absolute Gasteiger partial charge is 0.501 e. The number of fused-ring (bicyclic) bond motifs is 3. The molecule has 0 atom stereocenters. The third-order valence-corrected chi connectivity index (χ3v) is 28.9. The molecule has 126 heavy (non-hydrogen) atoms. The van der Waals surface area contributed by atoms with Crippen molar-refractivity contribution in [2.45, 2.75) is 45.3 Å². The van der Waals surface area contributed by atoms with Crippen LogP contribution >= 0.6 is 34.0 Å². The number of benzene rings is 3. The number of sulfonamides is 1. The lowest BCUT2D eigenvalue weighted by Crippen LogP contribution is -2.48.